The van der Waals surface area contributed by atoms with Crippen molar-refractivity contribution in [1.82, 2.24) is 44.6 Å². The highest BCUT2D eigenvalue weighted by molar-refractivity contribution is 6.02. The molecule has 6 heterocycles. The number of anilines is 2. The zero-order valence-corrected chi connectivity index (χ0v) is 36.2. The van der Waals surface area contributed by atoms with E-state index in [1.165, 1.54) is 16.7 Å². The molecule has 4 aliphatic rings. The monoisotopic (exact) mass is 866 g/mol. The lowest BCUT2D eigenvalue weighted by molar-refractivity contribution is -0.134. The number of nitrogens with zero attached hydrogens (tertiary/aromatic N) is 8. The lowest BCUT2D eigenvalue weighted by Gasteiger charge is -2.30. The Balaban J connectivity index is 0.768. The number of amides is 2. The molecule has 2 aromatic carbocycles. The van der Waals surface area contributed by atoms with Crippen LogP contribution in [0.2, 0.25) is 0 Å². The highest BCUT2D eigenvalue weighted by Crippen LogP contribution is 2.40. The number of hydrogen-bond donors (Lipinski definition) is 4. The van der Waals surface area contributed by atoms with Gasteiger partial charge in [-0.3, -0.25) is 24.6 Å². The highest BCUT2D eigenvalue weighted by atomic mass is 16.5. The van der Waals surface area contributed by atoms with Crippen molar-refractivity contribution in [3.8, 4) is 5.82 Å². The van der Waals surface area contributed by atoms with Gasteiger partial charge in [0.15, 0.2) is 17.0 Å². The van der Waals surface area contributed by atoms with Crippen LogP contribution in [0.25, 0.3) is 27.8 Å². The van der Waals surface area contributed by atoms with Crippen LogP contribution in [0.3, 0.4) is 0 Å². The molecule has 1 fully saturated rings. The topological polar surface area (TPSA) is 197 Å². The normalized spacial score (nSPS) is 20.8. The van der Waals surface area contributed by atoms with Crippen molar-refractivity contribution in [3.63, 3.8) is 0 Å². The van der Waals surface area contributed by atoms with Crippen LogP contribution in [0.4, 0.5) is 11.6 Å². The molecule has 6 aromatic rings. The highest BCUT2D eigenvalue weighted by Gasteiger charge is 2.38. The molecule has 2 amide bonds. The van der Waals surface area contributed by atoms with Crippen molar-refractivity contribution in [1.29, 1.82) is 0 Å². The number of piperidine rings is 1. The fourth-order valence-electron chi connectivity index (χ4n) is 10.5. The standard InChI is InChI=1S/C48H54N10O6/c1-3-17-57-46(62)38-26-49-47(53-44(38)58(57)39-12-8-30-14-16-48(63,4-2)43(30)51-39)50-34-9-6-33-28-55(20-15-31(33)25-34)18-5-19-56(21-22-59)27-29-23-32-7-10-35-41(54-64-42(35)37(32)24-29)36-11-13-40(60)52-45(36)61/h3,6-10,12,25-26,29,36,59,63H,1,4-5,11,13-24,27-28H2,2H3,(H,49,50,53)(H,52,60,61)/t29-,36?,48-/m1/s1. The number of carbonyl (C=O) groups excluding carboxylic acids is 2. The molecule has 0 radical (unpaired) electrons. The lowest BCUT2D eigenvalue weighted by Crippen LogP contribution is -2.39. The van der Waals surface area contributed by atoms with Gasteiger partial charge in [-0.1, -0.05) is 36.4 Å². The van der Waals surface area contributed by atoms with Crippen LogP contribution in [0.15, 0.2) is 70.6 Å². The van der Waals surface area contributed by atoms with E-state index in [2.05, 4.69) is 55.4 Å². The van der Waals surface area contributed by atoms with E-state index in [9.17, 15) is 24.6 Å². The molecule has 16 heteroatoms. The summed E-state index contributed by atoms with van der Waals surface area (Å²) in [5.41, 5.74) is 8.02. The SMILES string of the molecule is C=CCn1c(=O)c2cnc(Nc3ccc4c(c3)CCN(CCCN(CCO)C[C@@H]3Cc5ccc6c(C7CCC(=O)NC7=O)noc6c5C3)C4)nc2n1-c1ccc2c(n1)[C@@](O)(CC)CC2. The Morgan fingerprint density at radius 2 is 1.88 bits per heavy atom. The maximum Gasteiger partial charge on any atom is 0.278 e. The second-order valence-corrected chi connectivity index (χ2v) is 17.9. The minimum absolute atomic E-state index is 0.103. The molecule has 332 valence electrons. The van der Waals surface area contributed by atoms with Gasteiger partial charge in [0.05, 0.1) is 24.8 Å². The van der Waals surface area contributed by atoms with Gasteiger partial charge in [0.2, 0.25) is 17.8 Å². The van der Waals surface area contributed by atoms with E-state index in [-0.39, 0.29) is 30.5 Å². The molecule has 0 spiro atoms. The first-order chi connectivity index (χ1) is 31.1. The summed E-state index contributed by atoms with van der Waals surface area (Å²) in [5, 5.41) is 32.6. The fraction of sp³-hybridized carbons (Fsp3) is 0.438. The number of pyridine rings is 1. The van der Waals surface area contributed by atoms with Crippen LogP contribution in [0, 0.1) is 5.92 Å². The van der Waals surface area contributed by atoms with E-state index < -0.39 is 11.5 Å². The Labute approximate surface area is 370 Å². The summed E-state index contributed by atoms with van der Waals surface area (Å²) in [4.78, 5) is 57.1. The maximum absolute atomic E-state index is 13.6. The van der Waals surface area contributed by atoms with Crippen molar-refractivity contribution in [2.75, 3.05) is 44.6 Å². The summed E-state index contributed by atoms with van der Waals surface area (Å²) in [6.45, 7) is 11.3. The Morgan fingerprint density at radius 1 is 1.02 bits per heavy atom. The number of aryl methyl sites for hydroxylation is 1. The van der Waals surface area contributed by atoms with Crippen LogP contribution in [-0.2, 0) is 54.0 Å². The molecular formula is C48H54N10O6. The van der Waals surface area contributed by atoms with Crippen LogP contribution >= 0.6 is 0 Å². The number of aliphatic hydroxyl groups is 2. The van der Waals surface area contributed by atoms with Crippen molar-refractivity contribution < 1.29 is 24.3 Å². The van der Waals surface area contributed by atoms with Gasteiger partial charge in [0.1, 0.15) is 16.7 Å². The molecule has 64 heavy (non-hydrogen) atoms. The summed E-state index contributed by atoms with van der Waals surface area (Å²) >= 11 is 0. The molecule has 10 rings (SSSR count). The molecule has 3 atom stereocenters. The van der Waals surface area contributed by atoms with Crippen LogP contribution in [-0.4, -0.2) is 101 Å². The van der Waals surface area contributed by atoms with Crippen molar-refractivity contribution in [2.45, 2.75) is 89.3 Å². The number of hydrogen-bond acceptors (Lipinski definition) is 13. The number of aliphatic hydroxyl groups excluding tert-OH is 1. The number of imide groups is 1. The Bertz CT molecular complexity index is 2870. The second-order valence-electron chi connectivity index (χ2n) is 17.9. The maximum atomic E-state index is 13.6. The minimum Gasteiger partial charge on any atom is -0.395 e. The number of nitrogens with one attached hydrogen (secondary N) is 2. The first kappa shape index (κ1) is 41.9. The Kier molecular flexibility index (Phi) is 11.2. The van der Waals surface area contributed by atoms with E-state index in [0.717, 1.165) is 92.6 Å². The minimum atomic E-state index is -1.00. The number of benzene rings is 2. The summed E-state index contributed by atoms with van der Waals surface area (Å²) in [7, 11) is 0. The summed E-state index contributed by atoms with van der Waals surface area (Å²) in [5.74, 6) is 0.190. The Morgan fingerprint density at radius 3 is 2.70 bits per heavy atom. The lowest BCUT2D eigenvalue weighted by atomic mass is 9.92. The number of aromatic nitrogens is 6. The van der Waals surface area contributed by atoms with Crippen molar-refractivity contribution >= 4 is 45.5 Å². The largest absolute Gasteiger partial charge is 0.395 e. The van der Waals surface area contributed by atoms with Gasteiger partial charge in [0, 0.05) is 55.4 Å². The third-order valence-electron chi connectivity index (χ3n) is 13.9. The van der Waals surface area contributed by atoms with Gasteiger partial charge in [-0.15, -0.1) is 6.58 Å². The fourth-order valence-corrected chi connectivity index (χ4v) is 10.5. The number of carbonyl (C=O) groups is 2. The van der Waals surface area contributed by atoms with E-state index in [4.69, 9.17) is 14.5 Å². The summed E-state index contributed by atoms with van der Waals surface area (Å²) in [6.07, 6.45) is 9.53. The molecule has 0 saturated carbocycles. The number of fused-ring (bicyclic) bond motifs is 6. The van der Waals surface area contributed by atoms with Gasteiger partial charge >= 0.3 is 0 Å². The molecule has 1 unspecified atom stereocenters. The zero-order chi connectivity index (χ0) is 44.1. The molecule has 16 nitrogen and oxygen atoms in total. The average molecular weight is 867 g/mol. The smallest absolute Gasteiger partial charge is 0.278 e. The van der Waals surface area contributed by atoms with Gasteiger partial charge in [-0.2, -0.15) is 4.98 Å². The van der Waals surface area contributed by atoms with E-state index in [1.807, 2.05) is 31.2 Å². The number of allylic oxidation sites excluding steroid dienone is 1. The zero-order valence-electron chi connectivity index (χ0n) is 36.2. The molecule has 1 saturated heterocycles. The van der Waals surface area contributed by atoms with Gasteiger partial charge in [-0.25, -0.2) is 19.3 Å². The molecule has 4 N–H and O–H groups in total. The van der Waals surface area contributed by atoms with E-state index in [0.29, 0.717) is 72.3 Å². The molecule has 2 aliphatic carbocycles. The van der Waals surface area contributed by atoms with Gasteiger partial charge < -0.3 is 25.0 Å². The van der Waals surface area contributed by atoms with Crippen molar-refractivity contribution in [3.05, 3.63) is 111 Å². The average Bonchev–Trinajstić information content (AvgIpc) is 4.06. The predicted molar refractivity (Wildman–Crippen MR) is 241 cm³/mol. The van der Waals surface area contributed by atoms with Gasteiger partial charge in [0.25, 0.3) is 5.56 Å². The third-order valence-corrected chi connectivity index (χ3v) is 13.9. The molecule has 0 bridgehead atoms. The number of rotatable bonds is 15. The third kappa shape index (κ3) is 7.71. The first-order valence-electron chi connectivity index (χ1n) is 22.6. The summed E-state index contributed by atoms with van der Waals surface area (Å²) < 4.78 is 9.12. The van der Waals surface area contributed by atoms with Crippen LogP contribution in [0.1, 0.15) is 84.2 Å². The quantitative estimate of drug-likeness (QED) is 0.0829. The summed E-state index contributed by atoms with van der Waals surface area (Å²) in [6, 6.07) is 14.4. The van der Waals surface area contributed by atoms with Crippen LogP contribution in [0.5, 0.6) is 0 Å². The molecular weight excluding hydrogens is 813 g/mol. The van der Waals surface area contributed by atoms with Crippen molar-refractivity contribution in [2.24, 2.45) is 5.92 Å². The molecule has 2 aliphatic heterocycles. The molecule has 4 aromatic heterocycles. The van der Waals surface area contributed by atoms with Crippen LogP contribution < -0.4 is 16.2 Å². The predicted octanol–water partition coefficient (Wildman–Crippen LogP) is 4.57. The van der Waals surface area contributed by atoms with Gasteiger partial charge in [-0.05, 0) is 117 Å². The second kappa shape index (κ2) is 17.1. The Hall–Kier alpha value is -6.07. The first-order valence-corrected chi connectivity index (χ1v) is 22.6. The van der Waals surface area contributed by atoms with E-state index >= 15 is 0 Å². The van der Waals surface area contributed by atoms with E-state index in [1.54, 1.807) is 21.6 Å².